The lowest BCUT2D eigenvalue weighted by atomic mass is 9.97. The monoisotopic (exact) mass is 220 g/mol. The molecule has 1 rings (SSSR count). The summed E-state index contributed by atoms with van der Waals surface area (Å²) in [4.78, 5) is 0. The van der Waals surface area contributed by atoms with E-state index in [9.17, 15) is 17.6 Å². The molecule has 0 bridgehead atoms. The van der Waals surface area contributed by atoms with Crippen LogP contribution in [-0.2, 0) is 6.18 Å². The second-order valence-corrected chi connectivity index (χ2v) is 3.79. The van der Waals surface area contributed by atoms with Gasteiger partial charge in [-0.1, -0.05) is 19.9 Å². The lowest BCUT2D eigenvalue weighted by Gasteiger charge is -2.14. The van der Waals surface area contributed by atoms with Gasteiger partial charge >= 0.3 is 6.18 Å². The number of benzene rings is 1. The zero-order valence-electron chi connectivity index (χ0n) is 8.74. The van der Waals surface area contributed by atoms with Crippen LogP contribution < -0.4 is 0 Å². The molecule has 0 aliphatic rings. The van der Waals surface area contributed by atoms with E-state index in [-0.39, 0.29) is 11.5 Å². The fraction of sp³-hybridized carbons (Fsp3) is 0.455. The third-order valence-electron chi connectivity index (χ3n) is 2.34. The molecule has 0 saturated heterocycles. The lowest BCUT2D eigenvalue weighted by molar-refractivity contribution is -0.138. The first-order valence-electron chi connectivity index (χ1n) is 4.61. The van der Waals surface area contributed by atoms with Crippen LogP contribution in [-0.4, -0.2) is 0 Å². The van der Waals surface area contributed by atoms with Gasteiger partial charge in [0.15, 0.2) is 0 Å². The first-order chi connectivity index (χ1) is 6.75. The predicted octanol–water partition coefficient (Wildman–Crippen LogP) is 4.28. The van der Waals surface area contributed by atoms with E-state index in [1.807, 2.05) is 0 Å². The van der Waals surface area contributed by atoms with Crippen LogP contribution in [0.3, 0.4) is 0 Å². The van der Waals surface area contributed by atoms with Gasteiger partial charge in [0.1, 0.15) is 5.82 Å². The Labute approximate surface area is 85.9 Å². The SMILES string of the molecule is Cc1c(C(F)(F)F)ccc(C(C)C)c1F. The number of hydrogen-bond acceptors (Lipinski definition) is 0. The Bertz CT molecular complexity index is 364. The third kappa shape index (κ3) is 2.30. The summed E-state index contributed by atoms with van der Waals surface area (Å²) in [6, 6.07) is 2.14. The molecule has 0 saturated carbocycles. The van der Waals surface area contributed by atoms with Crippen LogP contribution in [0.5, 0.6) is 0 Å². The second-order valence-electron chi connectivity index (χ2n) is 3.79. The molecular formula is C11H12F4. The summed E-state index contributed by atoms with van der Waals surface area (Å²) in [5.74, 6) is -0.870. The van der Waals surface area contributed by atoms with Crippen LogP contribution in [0.25, 0.3) is 0 Å². The molecule has 0 N–H and O–H groups in total. The Kier molecular flexibility index (Phi) is 3.07. The van der Waals surface area contributed by atoms with Crippen molar-refractivity contribution in [3.05, 3.63) is 34.6 Å². The minimum Gasteiger partial charge on any atom is -0.206 e. The lowest BCUT2D eigenvalue weighted by Crippen LogP contribution is -2.10. The Morgan fingerprint density at radius 2 is 1.67 bits per heavy atom. The van der Waals surface area contributed by atoms with Crippen LogP contribution >= 0.6 is 0 Å². The summed E-state index contributed by atoms with van der Waals surface area (Å²) in [5.41, 5.74) is -0.904. The molecule has 0 amide bonds. The van der Waals surface area contributed by atoms with Crippen molar-refractivity contribution in [2.75, 3.05) is 0 Å². The standard InChI is InChI=1S/C11H12F4/c1-6(2)8-4-5-9(11(13,14)15)7(3)10(8)12/h4-6H,1-3H3. The number of hydrogen-bond donors (Lipinski definition) is 0. The molecule has 0 atom stereocenters. The average Bonchev–Trinajstić information content (AvgIpc) is 2.06. The van der Waals surface area contributed by atoms with E-state index >= 15 is 0 Å². The van der Waals surface area contributed by atoms with Crippen molar-refractivity contribution < 1.29 is 17.6 Å². The van der Waals surface area contributed by atoms with Gasteiger partial charge in [-0.25, -0.2) is 4.39 Å². The number of rotatable bonds is 1. The van der Waals surface area contributed by atoms with Crippen LogP contribution in [0.1, 0.15) is 36.5 Å². The van der Waals surface area contributed by atoms with Crippen molar-refractivity contribution in [2.45, 2.75) is 32.9 Å². The molecule has 0 radical (unpaired) electrons. The van der Waals surface area contributed by atoms with Gasteiger partial charge < -0.3 is 0 Å². The molecule has 0 spiro atoms. The first-order valence-corrected chi connectivity index (χ1v) is 4.61. The molecule has 1 aromatic carbocycles. The van der Waals surface area contributed by atoms with E-state index in [0.717, 1.165) is 13.0 Å². The molecule has 0 aromatic heterocycles. The Morgan fingerprint density at radius 1 is 1.13 bits per heavy atom. The highest BCUT2D eigenvalue weighted by atomic mass is 19.4. The van der Waals surface area contributed by atoms with Crippen molar-refractivity contribution in [1.29, 1.82) is 0 Å². The minimum absolute atomic E-state index is 0.119. The van der Waals surface area contributed by atoms with Crippen LogP contribution in [0.15, 0.2) is 12.1 Å². The summed E-state index contributed by atoms with van der Waals surface area (Å²) < 4.78 is 50.7. The molecule has 0 fully saturated rings. The van der Waals surface area contributed by atoms with E-state index in [2.05, 4.69) is 0 Å². The van der Waals surface area contributed by atoms with Crippen molar-refractivity contribution in [3.8, 4) is 0 Å². The van der Waals surface area contributed by atoms with Crippen molar-refractivity contribution in [3.63, 3.8) is 0 Å². The van der Waals surface area contributed by atoms with Crippen LogP contribution in [0.2, 0.25) is 0 Å². The maximum absolute atomic E-state index is 13.5. The van der Waals surface area contributed by atoms with Gasteiger partial charge in [-0.15, -0.1) is 0 Å². The normalized spacial score (nSPS) is 12.3. The van der Waals surface area contributed by atoms with Crippen molar-refractivity contribution in [2.24, 2.45) is 0 Å². The third-order valence-corrected chi connectivity index (χ3v) is 2.34. The first kappa shape index (κ1) is 12.0. The largest absolute Gasteiger partial charge is 0.416 e. The van der Waals surface area contributed by atoms with E-state index in [4.69, 9.17) is 0 Å². The van der Waals surface area contributed by atoms with Gasteiger partial charge in [-0.2, -0.15) is 13.2 Å². The van der Waals surface area contributed by atoms with E-state index in [0.29, 0.717) is 5.56 Å². The highest BCUT2D eigenvalue weighted by Crippen LogP contribution is 2.34. The fourth-order valence-corrected chi connectivity index (χ4v) is 1.46. The quantitative estimate of drug-likeness (QED) is 0.620. The molecule has 1 aromatic rings. The highest BCUT2D eigenvalue weighted by Gasteiger charge is 2.33. The van der Waals surface area contributed by atoms with E-state index < -0.39 is 17.6 Å². The molecule has 4 heteroatoms. The zero-order chi connectivity index (χ0) is 11.8. The molecule has 0 aliphatic carbocycles. The van der Waals surface area contributed by atoms with Crippen molar-refractivity contribution >= 4 is 0 Å². The van der Waals surface area contributed by atoms with Gasteiger partial charge in [0, 0.05) is 0 Å². The topological polar surface area (TPSA) is 0 Å². The van der Waals surface area contributed by atoms with E-state index in [1.54, 1.807) is 13.8 Å². The maximum atomic E-state index is 13.5. The molecule has 0 heterocycles. The summed E-state index contributed by atoms with van der Waals surface area (Å²) in [5, 5.41) is 0. The maximum Gasteiger partial charge on any atom is 0.416 e. The summed E-state index contributed by atoms with van der Waals surface area (Å²) in [6.45, 7) is 4.64. The molecule has 0 nitrogen and oxygen atoms in total. The average molecular weight is 220 g/mol. The van der Waals surface area contributed by atoms with Gasteiger partial charge in [0.05, 0.1) is 5.56 Å². The highest BCUT2D eigenvalue weighted by molar-refractivity contribution is 5.36. The zero-order valence-corrected chi connectivity index (χ0v) is 8.74. The molecule has 0 unspecified atom stereocenters. The minimum atomic E-state index is -4.49. The molecular weight excluding hydrogens is 208 g/mol. The van der Waals surface area contributed by atoms with Gasteiger partial charge in [0.2, 0.25) is 0 Å². The van der Waals surface area contributed by atoms with Crippen LogP contribution in [0, 0.1) is 12.7 Å². The van der Waals surface area contributed by atoms with Crippen LogP contribution in [0.4, 0.5) is 17.6 Å². The van der Waals surface area contributed by atoms with Gasteiger partial charge in [-0.3, -0.25) is 0 Å². The summed E-state index contributed by atoms with van der Waals surface area (Å²) >= 11 is 0. The smallest absolute Gasteiger partial charge is 0.206 e. The summed E-state index contributed by atoms with van der Waals surface area (Å²) in [6.07, 6.45) is -4.49. The second kappa shape index (κ2) is 3.83. The van der Waals surface area contributed by atoms with Crippen molar-refractivity contribution in [1.82, 2.24) is 0 Å². The molecule has 0 aliphatic heterocycles. The molecule has 15 heavy (non-hydrogen) atoms. The van der Waals surface area contributed by atoms with E-state index in [1.165, 1.54) is 6.07 Å². The van der Waals surface area contributed by atoms with Gasteiger partial charge in [-0.05, 0) is 30.0 Å². The summed E-state index contributed by atoms with van der Waals surface area (Å²) in [7, 11) is 0. The number of alkyl halides is 3. The Balaban J connectivity index is 3.34. The van der Waals surface area contributed by atoms with Gasteiger partial charge in [0.25, 0.3) is 0 Å². The Morgan fingerprint density at radius 3 is 2.07 bits per heavy atom. The number of halogens is 4. The fourth-order valence-electron chi connectivity index (χ4n) is 1.46. The molecule has 84 valence electrons. The Hall–Kier alpha value is -1.06. The predicted molar refractivity (Wildman–Crippen MR) is 50.2 cm³/mol.